The molecule has 0 saturated carbocycles. The fourth-order valence-electron chi connectivity index (χ4n) is 8.85. The molecule has 11 rings (SSSR count). The van der Waals surface area contributed by atoms with Crippen LogP contribution >= 0.6 is 0 Å². The number of aromatic nitrogens is 1. The van der Waals surface area contributed by atoms with E-state index in [1.165, 1.54) is 76.4 Å². The molecular weight excluding hydrogens is 677 g/mol. The average Bonchev–Trinajstić information content (AvgIpc) is 3.60. The molecule has 0 aliphatic heterocycles. The Kier molecular flexibility index (Phi) is 7.53. The quantitative estimate of drug-likeness (QED) is 0.156. The molecule has 0 N–H and O–H groups in total. The Morgan fingerprint density at radius 1 is 0.286 bits per heavy atom. The second kappa shape index (κ2) is 13.2. The summed E-state index contributed by atoms with van der Waals surface area (Å²) < 4.78 is 2.41. The maximum atomic E-state index is 2.41. The summed E-state index contributed by atoms with van der Waals surface area (Å²) in [4.78, 5) is 2.41. The van der Waals surface area contributed by atoms with E-state index in [1.54, 1.807) is 0 Å². The van der Waals surface area contributed by atoms with E-state index in [9.17, 15) is 0 Å². The van der Waals surface area contributed by atoms with Crippen LogP contribution in [0, 0.1) is 0 Å². The Morgan fingerprint density at radius 3 is 1.54 bits per heavy atom. The zero-order valence-electron chi connectivity index (χ0n) is 30.7. The number of hydrogen-bond donors (Lipinski definition) is 0. The van der Waals surface area contributed by atoms with Crippen LogP contribution in [0.15, 0.2) is 218 Å². The minimum absolute atomic E-state index is 1.10. The molecule has 0 fully saturated rings. The van der Waals surface area contributed by atoms with Crippen molar-refractivity contribution in [2.24, 2.45) is 0 Å². The molecule has 0 aliphatic carbocycles. The van der Waals surface area contributed by atoms with Crippen LogP contribution in [-0.2, 0) is 0 Å². The predicted molar refractivity (Wildman–Crippen MR) is 239 cm³/mol. The Balaban J connectivity index is 1.17. The zero-order chi connectivity index (χ0) is 37.0. The van der Waals surface area contributed by atoms with E-state index in [-0.39, 0.29) is 0 Å². The standard InChI is InChI=1S/C54H36N2/c1-4-17-38(18-5-1)53-48-26-13-12-24-45(48)46-32-30-43(36-50(46)54(53)39-19-6-2-7-20-39)55(41-22-8-3-9-23-41)44-31-33-52-49(35-44)47-25-14-15-27-51(47)56(52)42-29-28-37-16-10-11-21-40(37)34-42/h1-36H. The van der Waals surface area contributed by atoms with Gasteiger partial charge in [0.25, 0.3) is 0 Å². The Hall–Kier alpha value is -7.42. The minimum Gasteiger partial charge on any atom is -0.310 e. The molecule has 56 heavy (non-hydrogen) atoms. The van der Waals surface area contributed by atoms with Crippen LogP contribution in [0.25, 0.3) is 82.1 Å². The number of anilines is 3. The van der Waals surface area contributed by atoms with Gasteiger partial charge in [0.15, 0.2) is 0 Å². The van der Waals surface area contributed by atoms with Crippen molar-refractivity contribution in [2.45, 2.75) is 0 Å². The molecule has 0 unspecified atom stereocenters. The highest BCUT2D eigenvalue weighted by atomic mass is 15.1. The third kappa shape index (κ3) is 5.19. The molecule has 0 atom stereocenters. The van der Waals surface area contributed by atoms with E-state index in [1.807, 2.05) is 0 Å². The van der Waals surface area contributed by atoms with Gasteiger partial charge in [0.05, 0.1) is 11.0 Å². The van der Waals surface area contributed by atoms with Gasteiger partial charge in [0, 0.05) is 33.5 Å². The molecule has 262 valence electrons. The van der Waals surface area contributed by atoms with Crippen LogP contribution < -0.4 is 4.90 Å². The molecule has 10 aromatic carbocycles. The number of rotatable bonds is 6. The van der Waals surface area contributed by atoms with Crippen LogP contribution in [0.5, 0.6) is 0 Å². The SMILES string of the molecule is c1ccc(-c2c(-c3ccccc3)c3cc(N(c4ccccc4)c4ccc5c(c4)c4ccccc4n5-c4ccc5ccccc5c4)ccc3c3ccccc23)cc1. The third-order valence-corrected chi connectivity index (χ3v) is 11.3. The van der Waals surface area contributed by atoms with Gasteiger partial charge in [-0.15, -0.1) is 0 Å². The second-order valence-electron chi connectivity index (χ2n) is 14.5. The summed E-state index contributed by atoms with van der Waals surface area (Å²) >= 11 is 0. The Labute approximate surface area is 325 Å². The molecule has 2 heteroatoms. The lowest BCUT2D eigenvalue weighted by Gasteiger charge is -2.27. The highest BCUT2D eigenvalue weighted by Gasteiger charge is 2.21. The van der Waals surface area contributed by atoms with Gasteiger partial charge in [-0.1, -0.05) is 158 Å². The van der Waals surface area contributed by atoms with Crippen molar-refractivity contribution in [1.82, 2.24) is 4.57 Å². The van der Waals surface area contributed by atoms with E-state index < -0.39 is 0 Å². The molecular formula is C54H36N2. The Morgan fingerprint density at radius 2 is 0.804 bits per heavy atom. The highest BCUT2D eigenvalue weighted by molar-refractivity contribution is 6.22. The number of para-hydroxylation sites is 2. The maximum Gasteiger partial charge on any atom is 0.0542 e. The summed E-state index contributed by atoms with van der Waals surface area (Å²) in [6, 6.07) is 79.5. The molecule has 0 bridgehead atoms. The van der Waals surface area contributed by atoms with E-state index >= 15 is 0 Å². The first-order valence-corrected chi connectivity index (χ1v) is 19.3. The molecule has 2 nitrogen and oxygen atoms in total. The topological polar surface area (TPSA) is 8.17 Å². The van der Waals surface area contributed by atoms with Crippen LogP contribution in [0.1, 0.15) is 0 Å². The van der Waals surface area contributed by atoms with Crippen LogP contribution in [-0.4, -0.2) is 4.57 Å². The van der Waals surface area contributed by atoms with Crippen LogP contribution in [0.3, 0.4) is 0 Å². The minimum atomic E-state index is 1.10. The summed E-state index contributed by atoms with van der Waals surface area (Å²) in [6.07, 6.45) is 0. The van der Waals surface area contributed by atoms with E-state index in [2.05, 4.69) is 228 Å². The lowest BCUT2D eigenvalue weighted by molar-refractivity contribution is 1.18. The van der Waals surface area contributed by atoms with Crippen molar-refractivity contribution in [3.8, 4) is 27.9 Å². The van der Waals surface area contributed by atoms with Gasteiger partial charge in [0.2, 0.25) is 0 Å². The summed E-state index contributed by atoms with van der Waals surface area (Å²) in [7, 11) is 0. The second-order valence-corrected chi connectivity index (χ2v) is 14.5. The van der Waals surface area contributed by atoms with Gasteiger partial charge in [-0.2, -0.15) is 0 Å². The molecule has 0 spiro atoms. The third-order valence-electron chi connectivity index (χ3n) is 11.3. The molecule has 11 aromatic rings. The number of benzene rings is 10. The van der Waals surface area contributed by atoms with Crippen molar-refractivity contribution < 1.29 is 0 Å². The average molecular weight is 713 g/mol. The molecule has 0 amide bonds. The first kappa shape index (κ1) is 32.0. The number of hydrogen-bond acceptors (Lipinski definition) is 1. The summed E-state index contributed by atoms with van der Waals surface area (Å²) in [5.74, 6) is 0. The fourth-order valence-corrected chi connectivity index (χ4v) is 8.85. The monoisotopic (exact) mass is 712 g/mol. The van der Waals surface area contributed by atoms with E-state index in [0.29, 0.717) is 0 Å². The number of fused-ring (bicyclic) bond motifs is 7. The van der Waals surface area contributed by atoms with Crippen LogP contribution in [0.2, 0.25) is 0 Å². The van der Waals surface area contributed by atoms with Gasteiger partial charge in [-0.25, -0.2) is 0 Å². The molecule has 1 heterocycles. The highest BCUT2D eigenvalue weighted by Crippen LogP contribution is 2.47. The zero-order valence-corrected chi connectivity index (χ0v) is 30.7. The normalized spacial score (nSPS) is 11.6. The van der Waals surface area contributed by atoms with Gasteiger partial charge in [-0.05, 0) is 115 Å². The fraction of sp³-hybridized carbons (Fsp3) is 0. The lowest BCUT2D eigenvalue weighted by Crippen LogP contribution is -2.10. The molecule has 1 aromatic heterocycles. The predicted octanol–water partition coefficient (Wildman–Crippen LogP) is 15.0. The Bertz CT molecular complexity index is 3240. The summed E-state index contributed by atoms with van der Waals surface area (Å²) in [6.45, 7) is 0. The largest absolute Gasteiger partial charge is 0.310 e. The first-order chi connectivity index (χ1) is 27.8. The summed E-state index contributed by atoms with van der Waals surface area (Å²) in [5, 5.41) is 9.90. The smallest absolute Gasteiger partial charge is 0.0542 e. The van der Waals surface area contributed by atoms with Crippen molar-refractivity contribution in [2.75, 3.05) is 4.90 Å². The van der Waals surface area contributed by atoms with Gasteiger partial charge in [-0.3, -0.25) is 0 Å². The van der Waals surface area contributed by atoms with Crippen molar-refractivity contribution in [3.63, 3.8) is 0 Å². The van der Waals surface area contributed by atoms with E-state index in [4.69, 9.17) is 0 Å². The lowest BCUT2D eigenvalue weighted by atomic mass is 9.85. The summed E-state index contributed by atoms with van der Waals surface area (Å²) in [5.41, 5.74) is 11.8. The van der Waals surface area contributed by atoms with Crippen molar-refractivity contribution >= 4 is 71.2 Å². The molecule has 0 aliphatic rings. The first-order valence-electron chi connectivity index (χ1n) is 19.3. The van der Waals surface area contributed by atoms with Gasteiger partial charge in [0.1, 0.15) is 0 Å². The van der Waals surface area contributed by atoms with E-state index in [0.717, 1.165) is 22.7 Å². The molecule has 0 saturated heterocycles. The van der Waals surface area contributed by atoms with Gasteiger partial charge < -0.3 is 9.47 Å². The van der Waals surface area contributed by atoms with Crippen molar-refractivity contribution in [3.05, 3.63) is 218 Å². The number of nitrogens with zero attached hydrogens (tertiary/aromatic N) is 2. The maximum absolute atomic E-state index is 2.41. The molecule has 0 radical (unpaired) electrons. The van der Waals surface area contributed by atoms with Crippen molar-refractivity contribution in [1.29, 1.82) is 0 Å². The van der Waals surface area contributed by atoms with Gasteiger partial charge >= 0.3 is 0 Å². The van der Waals surface area contributed by atoms with Crippen LogP contribution in [0.4, 0.5) is 17.1 Å².